The van der Waals surface area contributed by atoms with E-state index in [9.17, 15) is 9.18 Å². The summed E-state index contributed by atoms with van der Waals surface area (Å²) >= 11 is 1.48. The maximum atomic E-state index is 13.2. The maximum absolute atomic E-state index is 13.2. The Morgan fingerprint density at radius 2 is 2.00 bits per heavy atom. The number of anilines is 1. The van der Waals surface area contributed by atoms with E-state index >= 15 is 0 Å². The van der Waals surface area contributed by atoms with Gasteiger partial charge in [-0.05, 0) is 48.1 Å². The second-order valence-corrected chi connectivity index (χ2v) is 8.42. The number of aromatic nitrogens is 1. The molecule has 0 saturated heterocycles. The van der Waals surface area contributed by atoms with E-state index < -0.39 is 0 Å². The highest BCUT2D eigenvalue weighted by Crippen LogP contribution is 2.40. The number of hydrogen-bond donors (Lipinski definition) is 1. The lowest BCUT2D eigenvalue weighted by atomic mass is 9.88. The van der Waals surface area contributed by atoms with Crippen molar-refractivity contribution >= 4 is 22.4 Å². The molecule has 1 aliphatic rings. The van der Waals surface area contributed by atoms with Crippen LogP contribution in [0.15, 0.2) is 54.7 Å². The van der Waals surface area contributed by atoms with Crippen LogP contribution in [-0.2, 0) is 11.2 Å². The Hall–Kier alpha value is -2.73. The van der Waals surface area contributed by atoms with Crippen LogP contribution in [0.25, 0.3) is 0 Å². The van der Waals surface area contributed by atoms with Crippen LogP contribution < -0.4 is 10.1 Å². The molecule has 150 valence electrons. The first-order chi connectivity index (χ1) is 14.1. The van der Waals surface area contributed by atoms with Crippen LogP contribution in [0.1, 0.15) is 41.2 Å². The monoisotopic (exact) mass is 410 g/mol. The molecule has 2 atom stereocenters. The zero-order valence-corrected chi connectivity index (χ0v) is 17.0. The first-order valence-electron chi connectivity index (χ1n) is 9.77. The third-order valence-corrected chi connectivity index (χ3v) is 6.40. The molecular weight excluding hydrogens is 387 g/mol. The summed E-state index contributed by atoms with van der Waals surface area (Å²) in [6.45, 7) is 0. The number of benzene rings is 2. The molecule has 29 heavy (non-hydrogen) atoms. The Bertz CT molecular complexity index is 987. The second kappa shape index (κ2) is 8.74. The number of rotatable bonds is 6. The Kier molecular flexibility index (Phi) is 5.90. The minimum absolute atomic E-state index is 0.00461. The SMILES string of the molecule is COc1ccccc1Cc1cnc(NC(=O)C2CCCC2c2ccc(F)cc2)s1. The fourth-order valence-corrected chi connectivity index (χ4v) is 4.90. The fourth-order valence-electron chi connectivity index (χ4n) is 4.06. The average molecular weight is 411 g/mol. The van der Waals surface area contributed by atoms with E-state index in [1.165, 1.54) is 23.5 Å². The largest absolute Gasteiger partial charge is 0.496 e. The van der Waals surface area contributed by atoms with Gasteiger partial charge in [-0.1, -0.05) is 36.8 Å². The van der Waals surface area contributed by atoms with E-state index in [2.05, 4.69) is 10.3 Å². The smallest absolute Gasteiger partial charge is 0.229 e. The van der Waals surface area contributed by atoms with Crippen LogP contribution in [0.2, 0.25) is 0 Å². The van der Waals surface area contributed by atoms with Crippen molar-refractivity contribution in [3.63, 3.8) is 0 Å². The van der Waals surface area contributed by atoms with Crippen molar-refractivity contribution in [1.29, 1.82) is 0 Å². The lowest BCUT2D eigenvalue weighted by Gasteiger charge is -2.19. The van der Waals surface area contributed by atoms with Gasteiger partial charge in [-0.2, -0.15) is 0 Å². The van der Waals surface area contributed by atoms with Crippen molar-refractivity contribution in [1.82, 2.24) is 4.98 Å². The number of halogens is 1. The number of hydrogen-bond acceptors (Lipinski definition) is 4. The number of nitrogens with one attached hydrogen (secondary N) is 1. The zero-order chi connectivity index (χ0) is 20.2. The Morgan fingerprint density at radius 3 is 2.79 bits per heavy atom. The summed E-state index contributed by atoms with van der Waals surface area (Å²) < 4.78 is 18.6. The lowest BCUT2D eigenvalue weighted by Crippen LogP contribution is -2.24. The molecule has 1 heterocycles. The number of thiazole rings is 1. The molecule has 1 aromatic heterocycles. The second-order valence-electron chi connectivity index (χ2n) is 7.31. The number of methoxy groups -OCH3 is 1. The summed E-state index contributed by atoms with van der Waals surface area (Å²) in [5.74, 6) is 0.610. The highest BCUT2D eigenvalue weighted by atomic mass is 32.1. The normalized spacial score (nSPS) is 18.6. The number of nitrogens with zero attached hydrogens (tertiary/aromatic N) is 1. The van der Waals surface area contributed by atoms with Gasteiger partial charge < -0.3 is 10.1 Å². The highest BCUT2D eigenvalue weighted by Gasteiger charge is 2.34. The van der Waals surface area contributed by atoms with Crippen molar-refractivity contribution in [3.8, 4) is 5.75 Å². The van der Waals surface area contributed by atoms with Gasteiger partial charge in [0.1, 0.15) is 11.6 Å². The van der Waals surface area contributed by atoms with Gasteiger partial charge >= 0.3 is 0 Å². The van der Waals surface area contributed by atoms with Crippen LogP contribution in [0.4, 0.5) is 9.52 Å². The molecule has 4 nitrogen and oxygen atoms in total. The van der Waals surface area contributed by atoms with Crippen molar-refractivity contribution in [2.75, 3.05) is 12.4 Å². The first kappa shape index (κ1) is 19.6. The quantitative estimate of drug-likeness (QED) is 0.592. The van der Waals surface area contributed by atoms with Crippen LogP contribution >= 0.6 is 11.3 Å². The van der Waals surface area contributed by atoms with Crippen LogP contribution in [0.5, 0.6) is 5.75 Å². The van der Waals surface area contributed by atoms with Crippen molar-refractivity contribution < 1.29 is 13.9 Å². The third-order valence-electron chi connectivity index (χ3n) is 5.49. The fraction of sp³-hybridized carbons (Fsp3) is 0.304. The molecule has 0 spiro atoms. The van der Waals surface area contributed by atoms with E-state index in [4.69, 9.17) is 4.74 Å². The van der Waals surface area contributed by atoms with Gasteiger partial charge in [0.25, 0.3) is 0 Å². The van der Waals surface area contributed by atoms with Gasteiger partial charge in [0.2, 0.25) is 5.91 Å². The van der Waals surface area contributed by atoms with Gasteiger partial charge in [0.05, 0.1) is 7.11 Å². The molecule has 1 fully saturated rings. The minimum atomic E-state index is -0.252. The number of amides is 1. The number of carbonyl (C=O) groups excluding carboxylic acids is 1. The van der Waals surface area contributed by atoms with E-state index in [0.29, 0.717) is 11.6 Å². The maximum Gasteiger partial charge on any atom is 0.229 e. The van der Waals surface area contributed by atoms with Gasteiger partial charge in [-0.15, -0.1) is 11.3 Å². The molecule has 3 aromatic rings. The van der Waals surface area contributed by atoms with E-state index in [1.54, 1.807) is 25.4 Å². The number of carbonyl (C=O) groups is 1. The molecule has 0 bridgehead atoms. The number of para-hydroxylation sites is 1. The van der Waals surface area contributed by atoms with E-state index in [-0.39, 0.29) is 23.6 Å². The van der Waals surface area contributed by atoms with E-state index in [0.717, 1.165) is 41.0 Å². The zero-order valence-electron chi connectivity index (χ0n) is 16.2. The molecule has 1 N–H and O–H groups in total. The summed E-state index contributed by atoms with van der Waals surface area (Å²) in [5, 5.41) is 3.61. The molecule has 0 radical (unpaired) electrons. The molecule has 0 aliphatic heterocycles. The summed E-state index contributed by atoms with van der Waals surface area (Å²) in [7, 11) is 1.66. The lowest BCUT2D eigenvalue weighted by molar-refractivity contribution is -0.120. The Morgan fingerprint density at radius 1 is 1.21 bits per heavy atom. The molecule has 2 unspecified atom stereocenters. The van der Waals surface area contributed by atoms with Crippen molar-refractivity contribution in [3.05, 3.63) is 76.5 Å². The standard InChI is InChI=1S/C23H23FN2O2S/c1-28-21-8-3-2-5-16(21)13-18-14-25-23(29-18)26-22(27)20-7-4-6-19(20)15-9-11-17(24)12-10-15/h2-3,5,8-12,14,19-20H,4,6-7,13H2,1H3,(H,25,26,27). The minimum Gasteiger partial charge on any atom is -0.496 e. The molecule has 1 saturated carbocycles. The van der Waals surface area contributed by atoms with Gasteiger partial charge in [0, 0.05) is 23.4 Å². The van der Waals surface area contributed by atoms with Gasteiger partial charge in [-0.25, -0.2) is 9.37 Å². The topological polar surface area (TPSA) is 51.2 Å². The summed E-state index contributed by atoms with van der Waals surface area (Å²) in [4.78, 5) is 18.3. The summed E-state index contributed by atoms with van der Waals surface area (Å²) in [6, 6.07) is 14.4. The molecule has 6 heteroatoms. The molecule has 1 aliphatic carbocycles. The first-order valence-corrected chi connectivity index (χ1v) is 10.6. The third kappa shape index (κ3) is 4.48. The van der Waals surface area contributed by atoms with Crippen molar-refractivity contribution in [2.45, 2.75) is 31.6 Å². The molecule has 2 aromatic carbocycles. The van der Waals surface area contributed by atoms with Crippen molar-refractivity contribution in [2.24, 2.45) is 5.92 Å². The summed E-state index contributed by atoms with van der Waals surface area (Å²) in [6.07, 6.45) is 5.29. The predicted molar refractivity (Wildman–Crippen MR) is 113 cm³/mol. The predicted octanol–water partition coefficient (Wildman–Crippen LogP) is 5.40. The van der Waals surface area contributed by atoms with Crippen LogP contribution in [0, 0.1) is 11.7 Å². The summed E-state index contributed by atoms with van der Waals surface area (Å²) in [5.41, 5.74) is 2.11. The van der Waals surface area contributed by atoms with Crippen LogP contribution in [0.3, 0.4) is 0 Å². The highest BCUT2D eigenvalue weighted by molar-refractivity contribution is 7.15. The average Bonchev–Trinajstić information content (AvgIpc) is 3.39. The Labute approximate surface area is 173 Å². The van der Waals surface area contributed by atoms with Gasteiger partial charge in [0.15, 0.2) is 5.13 Å². The molecule has 4 rings (SSSR count). The Balaban J connectivity index is 1.43. The van der Waals surface area contributed by atoms with Crippen LogP contribution in [-0.4, -0.2) is 18.0 Å². The molecule has 1 amide bonds. The molecular formula is C23H23FN2O2S. The van der Waals surface area contributed by atoms with Gasteiger partial charge in [-0.3, -0.25) is 4.79 Å². The number of ether oxygens (including phenoxy) is 1. The van der Waals surface area contributed by atoms with E-state index in [1.807, 2.05) is 24.3 Å².